The summed E-state index contributed by atoms with van der Waals surface area (Å²) in [5, 5.41) is 12.2. The number of carbonyl (C=O) groups is 3. The van der Waals surface area contributed by atoms with Gasteiger partial charge in [-0.1, -0.05) is 12.8 Å². The first-order valence-corrected chi connectivity index (χ1v) is 9.14. The second-order valence-electron chi connectivity index (χ2n) is 7.87. The van der Waals surface area contributed by atoms with Crippen LogP contribution >= 0.6 is 0 Å². The van der Waals surface area contributed by atoms with Crippen molar-refractivity contribution in [2.75, 3.05) is 6.54 Å². The fraction of sp³-hybridized carbons (Fsp3) is 0.550. The Kier molecular flexibility index (Phi) is 5.03. The monoisotopic (exact) mass is 359 g/mol. The minimum Gasteiger partial charge on any atom is -0.487 e. The van der Waals surface area contributed by atoms with Crippen LogP contribution in [0.5, 0.6) is 5.75 Å². The molecule has 3 rings (SSSR count). The molecule has 0 unspecified atom stereocenters. The van der Waals surface area contributed by atoms with Gasteiger partial charge in [-0.15, -0.1) is 0 Å². The molecule has 1 amide bonds. The van der Waals surface area contributed by atoms with Gasteiger partial charge in [-0.2, -0.15) is 0 Å². The molecule has 1 saturated carbocycles. The van der Waals surface area contributed by atoms with Gasteiger partial charge in [-0.25, -0.2) is 0 Å². The summed E-state index contributed by atoms with van der Waals surface area (Å²) in [6.45, 7) is 4.05. The third-order valence-corrected chi connectivity index (χ3v) is 5.27. The number of ketones is 1. The van der Waals surface area contributed by atoms with Crippen LogP contribution in [0.25, 0.3) is 0 Å². The topological polar surface area (TPSA) is 92.7 Å². The van der Waals surface area contributed by atoms with E-state index < -0.39 is 17.5 Å². The highest BCUT2D eigenvalue weighted by molar-refractivity contribution is 6.03. The lowest BCUT2D eigenvalue weighted by Gasteiger charge is -2.31. The smallest absolute Gasteiger partial charge is 0.306 e. The average molecular weight is 359 g/mol. The quantitative estimate of drug-likeness (QED) is 0.862. The number of amides is 1. The van der Waals surface area contributed by atoms with Gasteiger partial charge in [0.2, 0.25) is 0 Å². The number of Topliss-reactive ketones (excluding diaryl/α,β-unsaturated/α-hetero) is 1. The Morgan fingerprint density at radius 1 is 1.27 bits per heavy atom. The average Bonchev–Trinajstić information content (AvgIpc) is 2.58. The van der Waals surface area contributed by atoms with Crippen LogP contribution < -0.4 is 10.1 Å². The zero-order valence-electron chi connectivity index (χ0n) is 15.2. The van der Waals surface area contributed by atoms with E-state index in [2.05, 4.69) is 5.32 Å². The van der Waals surface area contributed by atoms with E-state index in [0.717, 1.165) is 19.3 Å². The predicted molar refractivity (Wildman–Crippen MR) is 95.5 cm³/mol. The van der Waals surface area contributed by atoms with Crippen molar-refractivity contribution in [2.24, 2.45) is 11.8 Å². The van der Waals surface area contributed by atoms with Crippen molar-refractivity contribution >= 4 is 17.7 Å². The summed E-state index contributed by atoms with van der Waals surface area (Å²) in [6.07, 6.45) is 3.65. The number of carbonyl (C=O) groups excluding carboxylic acids is 2. The predicted octanol–water partition coefficient (Wildman–Crippen LogP) is 3.05. The number of hydrogen-bond acceptors (Lipinski definition) is 4. The van der Waals surface area contributed by atoms with Crippen molar-refractivity contribution < 1.29 is 24.2 Å². The number of carboxylic acids is 1. The molecule has 140 valence electrons. The van der Waals surface area contributed by atoms with Crippen molar-refractivity contribution in [3.63, 3.8) is 0 Å². The molecular formula is C20H25NO5. The fourth-order valence-corrected chi connectivity index (χ4v) is 3.90. The van der Waals surface area contributed by atoms with E-state index in [9.17, 15) is 19.5 Å². The van der Waals surface area contributed by atoms with Crippen LogP contribution in [0.15, 0.2) is 18.2 Å². The molecule has 0 spiro atoms. The van der Waals surface area contributed by atoms with E-state index >= 15 is 0 Å². The highest BCUT2D eigenvalue weighted by Gasteiger charge is 2.33. The van der Waals surface area contributed by atoms with Crippen molar-refractivity contribution in [3.8, 4) is 5.75 Å². The van der Waals surface area contributed by atoms with Crippen LogP contribution in [-0.4, -0.2) is 34.9 Å². The van der Waals surface area contributed by atoms with Gasteiger partial charge in [0, 0.05) is 12.1 Å². The molecule has 2 N–H and O–H groups in total. The first kappa shape index (κ1) is 18.4. The van der Waals surface area contributed by atoms with Crippen molar-refractivity contribution in [1.82, 2.24) is 5.32 Å². The number of carboxylic acid groups (broad SMARTS) is 1. The van der Waals surface area contributed by atoms with E-state index in [1.807, 2.05) is 13.8 Å². The number of benzene rings is 1. The number of fused-ring (bicyclic) bond motifs is 1. The van der Waals surface area contributed by atoms with Crippen molar-refractivity contribution in [1.29, 1.82) is 0 Å². The summed E-state index contributed by atoms with van der Waals surface area (Å²) in [6, 6.07) is 4.86. The third kappa shape index (κ3) is 3.89. The van der Waals surface area contributed by atoms with Gasteiger partial charge in [0.1, 0.15) is 11.4 Å². The maximum absolute atomic E-state index is 12.5. The maximum Gasteiger partial charge on any atom is 0.306 e. The molecule has 1 aromatic carbocycles. The minimum absolute atomic E-state index is 0.0379. The highest BCUT2D eigenvalue weighted by Crippen LogP contribution is 2.33. The van der Waals surface area contributed by atoms with E-state index in [4.69, 9.17) is 4.74 Å². The molecule has 2 atom stereocenters. The lowest BCUT2D eigenvalue weighted by Crippen LogP contribution is -2.38. The summed E-state index contributed by atoms with van der Waals surface area (Å²) in [5.41, 5.74) is 0.280. The van der Waals surface area contributed by atoms with Crippen molar-refractivity contribution in [2.45, 2.75) is 51.6 Å². The zero-order valence-corrected chi connectivity index (χ0v) is 15.2. The normalized spacial score (nSPS) is 24.3. The second-order valence-corrected chi connectivity index (χ2v) is 7.87. The number of hydrogen-bond donors (Lipinski definition) is 2. The number of aliphatic carboxylic acids is 1. The Hall–Kier alpha value is -2.37. The molecular weight excluding hydrogens is 334 g/mol. The molecule has 26 heavy (non-hydrogen) atoms. The van der Waals surface area contributed by atoms with Gasteiger partial charge >= 0.3 is 5.97 Å². The molecule has 6 nitrogen and oxygen atoms in total. The molecule has 1 aliphatic carbocycles. The lowest BCUT2D eigenvalue weighted by atomic mass is 9.79. The minimum atomic E-state index is -0.789. The van der Waals surface area contributed by atoms with Crippen LogP contribution in [0.3, 0.4) is 0 Å². The largest absolute Gasteiger partial charge is 0.487 e. The zero-order chi connectivity index (χ0) is 18.9. The van der Waals surface area contributed by atoms with E-state index in [-0.39, 0.29) is 24.0 Å². The molecule has 0 aromatic heterocycles. The summed E-state index contributed by atoms with van der Waals surface area (Å²) >= 11 is 0. The Morgan fingerprint density at radius 3 is 2.73 bits per heavy atom. The highest BCUT2D eigenvalue weighted by atomic mass is 16.5. The van der Waals surface area contributed by atoms with Gasteiger partial charge in [-0.05, 0) is 50.8 Å². The molecule has 1 aromatic rings. The maximum atomic E-state index is 12.5. The van der Waals surface area contributed by atoms with Crippen molar-refractivity contribution in [3.05, 3.63) is 29.3 Å². The molecule has 1 heterocycles. The second kappa shape index (κ2) is 7.09. The van der Waals surface area contributed by atoms with Gasteiger partial charge in [0.25, 0.3) is 5.91 Å². The van der Waals surface area contributed by atoms with Crippen LogP contribution in [-0.2, 0) is 4.79 Å². The van der Waals surface area contributed by atoms with Gasteiger partial charge in [0.05, 0.1) is 17.9 Å². The summed E-state index contributed by atoms with van der Waals surface area (Å²) in [7, 11) is 0. The molecule has 0 bridgehead atoms. The SMILES string of the molecule is CC1(C)CC(=O)c2cc(C(=O)NC[C@@H]3CCCC[C@@H]3C(=O)O)ccc2O1. The Morgan fingerprint density at radius 2 is 2.00 bits per heavy atom. The Balaban J connectivity index is 1.68. The number of rotatable bonds is 4. The Labute approximate surface area is 152 Å². The van der Waals surface area contributed by atoms with Gasteiger partial charge in [-0.3, -0.25) is 14.4 Å². The Bertz CT molecular complexity index is 740. The van der Waals surface area contributed by atoms with E-state index in [1.165, 1.54) is 0 Å². The van der Waals surface area contributed by atoms with Gasteiger partial charge < -0.3 is 15.2 Å². The standard InChI is InChI=1S/C20H25NO5/c1-20(2)10-16(22)15-9-12(7-8-17(15)26-20)18(23)21-11-13-5-3-4-6-14(13)19(24)25/h7-9,13-14H,3-6,10-11H2,1-2H3,(H,21,23)(H,24,25)/t13-,14-/m0/s1. The molecule has 1 fully saturated rings. The molecule has 1 aliphatic heterocycles. The number of nitrogens with one attached hydrogen (secondary N) is 1. The summed E-state index contributed by atoms with van der Waals surface area (Å²) < 4.78 is 5.80. The van der Waals surface area contributed by atoms with E-state index in [0.29, 0.717) is 29.8 Å². The van der Waals surface area contributed by atoms with Crippen LogP contribution in [0, 0.1) is 11.8 Å². The van der Waals surface area contributed by atoms with Gasteiger partial charge in [0.15, 0.2) is 5.78 Å². The first-order chi connectivity index (χ1) is 12.3. The van der Waals surface area contributed by atoms with E-state index in [1.54, 1.807) is 18.2 Å². The van der Waals surface area contributed by atoms with Crippen LogP contribution in [0.2, 0.25) is 0 Å². The molecule has 2 aliphatic rings. The molecule has 0 saturated heterocycles. The summed E-state index contributed by atoms with van der Waals surface area (Å²) in [5.74, 6) is -1.06. The third-order valence-electron chi connectivity index (χ3n) is 5.27. The van der Waals surface area contributed by atoms with Crippen LogP contribution in [0.1, 0.15) is 66.7 Å². The lowest BCUT2D eigenvalue weighted by molar-refractivity contribution is -0.144. The first-order valence-electron chi connectivity index (χ1n) is 9.14. The molecule has 0 radical (unpaired) electrons. The summed E-state index contributed by atoms with van der Waals surface area (Å²) in [4.78, 5) is 36.2. The fourth-order valence-electron chi connectivity index (χ4n) is 3.90. The number of ether oxygens (including phenoxy) is 1. The van der Waals surface area contributed by atoms with Crippen LogP contribution in [0.4, 0.5) is 0 Å². The molecule has 6 heteroatoms.